The summed E-state index contributed by atoms with van der Waals surface area (Å²) in [5, 5.41) is 0.798. The molecule has 0 bridgehead atoms. The van der Waals surface area contributed by atoms with Gasteiger partial charge < -0.3 is 15.5 Å². The maximum Gasteiger partial charge on any atom is 0.254 e. The van der Waals surface area contributed by atoms with Crippen molar-refractivity contribution < 1.29 is 4.74 Å². The minimum absolute atomic E-state index is 0.225. The average molecular weight is 268 g/mol. The van der Waals surface area contributed by atoms with Gasteiger partial charge in [0, 0.05) is 17.3 Å². The molecule has 2 aromatic heterocycles. The van der Waals surface area contributed by atoms with E-state index in [4.69, 9.17) is 10.5 Å². The molecular weight excluding hydrogens is 256 g/mol. The van der Waals surface area contributed by atoms with E-state index in [1.54, 1.807) is 31.3 Å². The molecule has 6 nitrogen and oxygen atoms in total. The highest BCUT2D eigenvalue weighted by Crippen LogP contribution is 2.30. The summed E-state index contributed by atoms with van der Waals surface area (Å²) in [7, 11) is 0. The number of ether oxygens (including phenoxy) is 1. The minimum atomic E-state index is -0.264. The van der Waals surface area contributed by atoms with Crippen molar-refractivity contribution in [1.82, 2.24) is 15.0 Å². The lowest BCUT2D eigenvalue weighted by Crippen LogP contribution is -2.08. The Morgan fingerprint density at radius 1 is 1.30 bits per heavy atom. The summed E-state index contributed by atoms with van der Waals surface area (Å²) < 4.78 is 5.66. The molecule has 3 N–H and O–H groups in total. The smallest absolute Gasteiger partial charge is 0.254 e. The first kappa shape index (κ1) is 12.2. The Morgan fingerprint density at radius 2 is 2.15 bits per heavy atom. The summed E-state index contributed by atoms with van der Waals surface area (Å²) in [5.74, 6) is 1.22. The van der Waals surface area contributed by atoms with Gasteiger partial charge in [-0.15, -0.1) is 0 Å². The molecule has 0 aliphatic heterocycles. The van der Waals surface area contributed by atoms with E-state index in [9.17, 15) is 4.79 Å². The van der Waals surface area contributed by atoms with Crippen molar-refractivity contribution in [1.29, 1.82) is 0 Å². The van der Waals surface area contributed by atoms with Crippen LogP contribution in [0.25, 0.3) is 10.9 Å². The molecule has 100 valence electrons. The Labute approximate surface area is 114 Å². The second-order valence-corrected chi connectivity index (χ2v) is 4.32. The Balaban J connectivity index is 2.11. The molecule has 0 radical (unpaired) electrons. The van der Waals surface area contributed by atoms with Gasteiger partial charge >= 0.3 is 0 Å². The van der Waals surface area contributed by atoms with Crippen LogP contribution in [0, 0.1) is 6.92 Å². The Kier molecular flexibility index (Phi) is 2.83. The molecule has 0 unspecified atom stereocenters. The van der Waals surface area contributed by atoms with E-state index in [2.05, 4.69) is 15.0 Å². The number of benzene rings is 1. The zero-order valence-corrected chi connectivity index (χ0v) is 10.8. The van der Waals surface area contributed by atoms with Crippen molar-refractivity contribution in [2.45, 2.75) is 6.92 Å². The number of hydrogen-bond acceptors (Lipinski definition) is 5. The number of aromatic amines is 1. The van der Waals surface area contributed by atoms with E-state index < -0.39 is 0 Å². The fourth-order valence-electron chi connectivity index (χ4n) is 1.97. The molecule has 0 saturated heterocycles. The maximum atomic E-state index is 11.4. The first-order chi connectivity index (χ1) is 9.63. The Morgan fingerprint density at radius 3 is 2.95 bits per heavy atom. The minimum Gasteiger partial charge on any atom is -0.436 e. The highest BCUT2D eigenvalue weighted by Gasteiger charge is 2.08. The quantitative estimate of drug-likeness (QED) is 0.693. The van der Waals surface area contributed by atoms with E-state index >= 15 is 0 Å². The van der Waals surface area contributed by atoms with Gasteiger partial charge in [0.05, 0.1) is 6.07 Å². The van der Waals surface area contributed by atoms with Crippen LogP contribution in [0.2, 0.25) is 0 Å². The second-order valence-electron chi connectivity index (χ2n) is 4.32. The van der Waals surface area contributed by atoms with E-state index in [-0.39, 0.29) is 11.4 Å². The molecule has 1 aromatic carbocycles. The first-order valence-corrected chi connectivity index (χ1v) is 6.02. The molecular formula is C14H12N4O2. The monoisotopic (exact) mass is 268 g/mol. The Hall–Kier alpha value is -2.89. The molecule has 0 aliphatic rings. The SMILES string of the molecule is Cc1nc(Oc2ccc(N)c3cccnc23)cc(=O)[nH]1. The van der Waals surface area contributed by atoms with Crippen LogP contribution in [-0.2, 0) is 0 Å². The van der Waals surface area contributed by atoms with E-state index in [0.717, 1.165) is 5.39 Å². The van der Waals surface area contributed by atoms with E-state index in [0.29, 0.717) is 22.8 Å². The molecule has 0 atom stereocenters. The summed E-state index contributed by atoms with van der Waals surface area (Å²) in [6.07, 6.45) is 1.66. The molecule has 6 heteroatoms. The summed E-state index contributed by atoms with van der Waals surface area (Å²) in [6.45, 7) is 1.69. The summed E-state index contributed by atoms with van der Waals surface area (Å²) in [5.41, 5.74) is 6.89. The number of hydrogen-bond donors (Lipinski definition) is 2. The van der Waals surface area contributed by atoms with Gasteiger partial charge in [-0.3, -0.25) is 9.78 Å². The number of nitrogens with one attached hydrogen (secondary N) is 1. The molecule has 3 rings (SSSR count). The maximum absolute atomic E-state index is 11.4. The predicted octanol–water partition coefficient (Wildman–Crippen LogP) is 2.00. The van der Waals surface area contributed by atoms with Crippen LogP contribution >= 0.6 is 0 Å². The highest BCUT2D eigenvalue weighted by molar-refractivity contribution is 5.94. The number of fused-ring (bicyclic) bond motifs is 1. The van der Waals surface area contributed by atoms with Gasteiger partial charge in [0.1, 0.15) is 11.3 Å². The fraction of sp³-hybridized carbons (Fsp3) is 0.0714. The summed E-state index contributed by atoms with van der Waals surface area (Å²) in [6, 6.07) is 8.40. The van der Waals surface area contributed by atoms with Crippen LogP contribution < -0.4 is 16.0 Å². The standard InChI is InChI=1S/C14H12N4O2/c1-8-17-12(19)7-13(18-8)20-11-5-4-10(15)9-3-2-6-16-14(9)11/h2-7H,15H2,1H3,(H,17,18,19). The van der Waals surface area contributed by atoms with Crippen LogP contribution in [0.4, 0.5) is 5.69 Å². The summed E-state index contributed by atoms with van der Waals surface area (Å²) >= 11 is 0. The van der Waals surface area contributed by atoms with Crippen LogP contribution in [0.5, 0.6) is 11.6 Å². The third kappa shape index (κ3) is 2.18. The van der Waals surface area contributed by atoms with E-state index in [1.165, 1.54) is 6.07 Å². The van der Waals surface area contributed by atoms with Gasteiger partial charge in [-0.2, -0.15) is 0 Å². The molecule has 0 fully saturated rings. The van der Waals surface area contributed by atoms with Gasteiger partial charge in [-0.1, -0.05) is 0 Å². The molecule has 0 spiro atoms. The van der Waals surface area contributed by atoms with Gasteiger partial charge in [0.15, 0.2) is 5.75 Å². The second kappa shape index (κ2) is 4.65. The number of nitrogens with zero attached hydrogens (tertiary/aromatic N) is 2. The predicted molar refractivity (Wildman–Crippen MR) is 75.8 cm³/mol. The summed E-state index contributed by atoms with van der Waals surface area (Å²) in [4.78, 5) is 22.4. The molecule has 0 saturated carbocycles. The topological polar surface area (TPSA) is 93.9 Å². The first-order valence-electron chi connectivity index (χ1n) is 6.02. The van der Waals surface area contributed by atoms with Crippen LogP contribution in [0.15, 0.2) is 41.3 Å². The third-order valence-corrected chi connectivity index (χ3v) is 2.82. The van der Waals surface area contributed by atoms with Crippen molar-refractivity contribution in [3.8, 4) is 11.6 Å². The number of aromatic nitrogens is 3. The fourth-order valence-corrected chi connectivity index (χ4v) is 1.97. The molecule has 0 aliphatic carbocycles. The van der Waals surface area contributed by atoms with Crippen LogP contribution in [-0.4, -0.2) is 15.0 Å². The van der Waals surface area contributed by atoms with E-state index in [1.807, 2.05) is 6.07 Å². The number of nitrogen functional groups attached to an aromatic ring is 1. The number of nitrogens with two attached hydrogens (primary N) is 1. The molecule has 20 heavy (non-hydrogen) atoms. The van der Waals surface area contributed by atoms with Gasteiger partial charge in [0.2, 0.25) is 5.88 Å². The Bertz CT molecular complexity index is 842. The van der Waals surface area contributed by atoms with Crippen molar-refractivity contribution in [2.24, 2.45) is 0 Å². The zero-order valence-electron chi connectivity index (χ0n) is 10.8. The lowest BCUT2D eigenvalue weighted by atomic mass is 10.2. The number of pyridine rings is 1. The molecule has 3 aromatic rings. The largest absolute Gasteiger partial charge is 0.436 e. The number of H-pyrrole nitrogens is 1. The van der Waals surface area contributed by atoms with Crippen LogP contribution in [0.3, 0.4) is 0 Å². The van der Waals surface area contributed by atoms with Gasteiger partial charge in [-0.05, 0) is 31.2 Å². The number of anilines is 1. The lowest BCUT2D eigenvalue weighted by Gasteiger charge is -2.09. The zero-order chi connectivity index (χ0) is 14.1. The van der Waals surface area contributed by atoms with Gasteiger partial charge in [-0.25, -0.2) is 4.98 Å². The van der Waals surface area contributed by atoms with Gasteiger partial charge in [0.25, 0.3) is 5.56 Å². The average Bonchev–Trinajstić information content (AvgIpc) is 2.41. The highest BCUT2D eigenvalue weighted by atomic mass is 16.5. The lowest BCUT2D eigenvalue weighted by molar-refractivity contribution is 0.463. The van der Waals surface area contributed by atoms with Crippen molar-refractivity contribution in [3.05, 3.63) is 52.7 Å². The molecule has 2 heterocycles. The van der Waals surface area contributed by atoms with Crippen molar-refractivity contribution in [3.63, 3.8) is 0 Å². The molecule has 0 amide bonds. The van der Waals surface area contributed by atoms with Crippen LogP contribution in [0.1, 0.15) is 5.82 Å². The number of aryl methyl sites for hydroxylation is 1. The van der Waals surface area contributed by atoms with Crippen molar-refractivity contribution in [2.75, 3.05) is 5.73 Å². The third-order valence-electron chi connectivity index (χ3n) is 2.82. The number of rotatable bonds is 2. The van der Waals surface area contributed by atoms with Crippen molar-refractivity contribution >= 4 is 16.6 Å². The normalized spacial score (nSPS) is 10.7.